The van der Waals surface area contributed by atoms with Gasteiger partial charge in [0.1, 0.15) is 17.2 Å². The topological polar surface area (TPSA) is 72.7 Å². The summed E-state index contributed by atoms with van der Waals surface area (Å²) < 4.78 is 14.8. The molecule has 136 valence electrons. The Morgan fingerprint density at radius 3 is 2.65 bits per heavy atom. The van der Waals surface area contributed by atoms with Crippen LogP contribution in [0.4, 0.5) is 4.39 Å². The van der Waals surface area contributed by atoms with Crippen molar-refractivity contribution >= 4 is 28.7 Å². The predicted molar refractivity (Wildman–Crippen MR) is 99.8 cm³/mol. The maximum Gasteiger partial charge on any atom is 0.230 e. The van der Waals surface area contributed by atoms with Crippen molar-refractivity contribution in [3.8, 4) is 5.69 Å². The summed E-state index contributed by atoms with van der Waals surface area (Å²) in [5.41, 5.74) is 1.32. The normalized spacial score (nSPS) is 12.5. The largest absolute Gasteiger partial charge is 0.353 e. The summed E-state index contributed by atoms with van der Waals surface area (Å²) in [5, 5.41) is 8.75. The highest BCUT2D eigenvalue weighted by Gasteiger charge is 2.15. The Labute approximate surface area is 155 Å². The van der Waals surface area contributed by atoms with Gasteiger partial charge in [0.15, 0.2) is 5.65 Å². The van der Waals surface area contributed by atoms with Crippen molar-refractivity contribution in [2.24, 2.45) is 5.92 Å². The van der Waals surface area contributed by atoms with Crippen molar-refractivity contribution in [1.29, 1.82) is 0 Å². The SMILES string of the molecule is CC(C)C(C)NC(=O)CSc1ncnc2c1cnn2-c1ccc(F)cc1. The zero-order valence-electron chi connectivity index (χ0n) is 14.8. The molecule has 2 heterocycles. The predicted octanol–water partition coefficient (Wildman–Crippen LogP) is 3.21. The van der Waals surface area contributed by atoms with E-state index in [1.54, 1.807) is 23.0 Å². The van der Waals surface area contributed by atoms with E-state index in [0.29, 0.717) is 22.3 Å². The average molecular weight is 373 g/mol. The molecule has 0 aliphatic rings. The number of fused-ring (bicyclic) bond motifs is 1. The molecule has 3 rings (SSSR count). The maximum absolute atomic E-state index is 13.1. The molecule has 1 aromatic carbocycles. The quantitative estimate of drug-likeness (QED) is 0.531. The van der Waals surface area contributed by atoms with Gasteiger partial charge in [-0.3, -0.25) is 4.79 Å². The molecule has 3 aromatic rings. The Kier molecular flexibility index (Phi) is 5.51. The molecule has 0 radical (unpaired) electrons. The minimum atomic E-state index is -0.308. The zero-order valence-corrected chi connectivity index (χ0v) is 15.6. The lowest BCUT2D eigenvalue weighted by atomic mass is 10.1. The Morgan fingerprint density at radius 1 is 1.23 bits per heavy atom. The van der Waals surface area contributed by atoms with E-state index in [0.717, 1.165) is 5.39 Å². The summed E-state index contributed by atoms with van der Waals surface area (Å²) in [7, 11) is 0. The second kappa shape index (κ2) is 7.82. The number of amides is 1. The van der Waals surface area contributed by atoms with Crippen LogP contribution in [0, 0.1) is 11.7 Å². The number of rotatable bonds is 6. The highest BCUT2D eigenvalue weighted by molar-refractivity contribution is 8.00. The van der Waals surface area contributed by atoms with Gasteiger partial charge in [0, 0.05) is 6.04 Å². The van der Waals surface area contributed by atoms with Crippen LogP contribution < -0.4 is 5.32 Å². The number of thioether (sulfide) groups is 1. The Morgan fingerprint density at radius 2 is 1.96 bits per heavy atom. The standard InChI is InChI=1S/C18H20FN5OS/c1-11(2)12(3)23-16(25)9-26-18-15-8-22-24(17(15)20-10-21-18)14-6-4-13(19)5-7-14/h4-8,10-12H,9H2,1-3H3,(H,23,25). The average Bonchev–Trinajstić information content (AvgIpc) is 3.05. The molecule has 26 heavy (non-hydrogen) atoms. The minimum absolute atomic E-state index is 0.0334. The van der Waals surface area contributed by atoms with Crippen LogP contribution >= 0.6 is 11.8 Å². The molecule has 8 heteroatoms. The first-order valence-electron chi connectivity index (χ1n) is 8.32. The summed E-state index contributed by atoms with van der Waals surface area (Å²) in [6.45, 7) is 6.12. The second-order valence-electron chi connectivity index (χ2n) is 6.34. The smallest absolute Gasteiger partial charge is 0.230 e. The van der Waals surface area contributed by atoms with Crippen LogP contribution in [0.5, 0.6) is 0 Å². The van der Waals surface area contributed by atoms with Gasteiger partial charge in [0.05, 0.1) is 23.0 Å². The van der Waals surface area contributed by atoms with Crippen LogP contribution in [0.15, 0.2) is 41.8 Å². The monoisotopic (exact) mass is 373 g/mol. The molecule has 0 aliphatic heterocycles. The molecule has 0 fully saturated rings. The first-order valence-corrected chi connectivity index (χ1v) is 9.31. The van der Waals surface area contributed by atoms with Crippen molar-refractivity contribution < 1.29 is 9.18 Å². The first-order chi connectivity index (χ1) is 12.5. The van der Waals surface area contributed by atoms with Crippen molar-refractivity contribution in [1.82, 2.24) is 25.1 Å². The Bertz CT molecular complexity index is 910. The maximum atomic E-state index is 13.1. The number of nitrogens with zero attached hydrogens (tertiary/aromatic N) is 4. The third-order valence-electron chi connectivity index (χ3n) is 4.13. The lowest BCUT2D eigenvalue weighted by molar-refractivity contribution is -0.119. The van der Waals surface area contributed by atoms with Gasteiger partial charge in [0.2, 0.25) is 5.91 Å². The number of benzene rings is 1. The number of halogens is 1. The highest BCUT2D eigenvalue weighted by atomic mass is 32.2. The van der Waals surface area contributed by atoms with Gasteiger partial charge in [-0.1, -0.05) is 25.6 Å². The number of hydrogen-bond acceptors (Lipinski definition) is 5. The molecule has 0 saturated heterocycles. The number of hydrogen-bond donors (Lipinski definition) is 1. The van der Waals surface area contributed by atoms with Gasteiger partial charge in [-0.2, -0.15) is 5.10 Å². The molecule has 1 N–H and O–H groups in total. The van der Waals surface area contributed by atoms with Crippen LogP contribution in [-0.2, 0) is 4.79 Å². The van der Waals surface area contributed by atoms with Crippen molar-refractivity contribution in [2.45, 2.75) is 31.8 Å². The highest BCUT2D eigenvalue weighted by Crippen LogP contribution is 2.25. The van der Waals surface area contributed by atoms with Crippen LogP contribution in [0.25, 0.3) is 16.7 Å². The summed E-state index contributed by atoms with van der Waals surface area (Å²) in [5.74, 6) is 0.306. The summed E-state index contributed by atoms with van der Waals surface area (Å²) >= 11 is 1.35. The molecule has 6 nitrogen and oxygen atoms in total. The summed E-state index contributed by atoms with van der Waals surface area (Å²) in [6, 6.07) is 6.14. The van der Waals surface area contributed by atoms with Gasteiger partial charge >= 0.3 is 0 Å². The fourth-order valence-corrected chi connectivity index (χ4v) is 3.08. The van der Waals surface area contributed by atoms with E-state index in [9.17, 15) is 9.18 Å². The Hall–Kier alpha value is -2.48. The molecule has 1 atom stereocenters. The van der Waals surface area contributed by atoms with Crippen LogP contribution in [0.1, 0.15) is 20.8 Å². The van der Waals surface area contributed by atoms with E-state index >= 15 is 0 Å². The van der Waals surface area contributed by atoms with Gasteiger partial charge in [-0.25, -0.2) is 19.0 Å². The molecular weight excluding hydrogens is 353 g/mol. The number of aromatic nitrogens is 4. The molecule has 0 aliphatic carbocycles. The fraction of sp³-hybridized carbons (Fsp3) is 0.333. The first kappa shape index (κ1) is 18.3. The minimum Gasteiger partial charge on any atom is -0.353 e. The Balaban J connectivity index is 1.78. The molecule has 1 amide bonds. The lowest BCUT2D eigenvalue weighted by Gasteiger charge is -2.17. The van der Waals surface area contributed by atoms with Crippen LogP contribution in [-0.4, -0.2) is 37.5 Å². The van der Waals surface area contributed by atoms with Crippen molar-refractivity contribution in [3.05, 3.63) is 42.6 Å². The van der Waals surface area contributed by atoms with E-state index in [4.69, 9.17) is 0 Å². The van der Waals surface area contributed by atoms with Gasteiger partial charge in [-0.05, 0) is 37.1 Å². The third kappa shape index (κ3) is 4.01. The lowest BCUT2D eigenvalue weighted by Crippen LogP contribution is -2.37. The summed E-state index contributed by atoms with van der Waals surface area (Å²) in [4.78, 5) is 20.6. The van der Waals surface area contributed by atoms with E-state index < -0.39 is 0 Å². The fourth-order valence-electron chi connectivity index (χ4n) is 2.31. The van der Waals surface area contributed by atoms with E-state index in [1.807, 2.05) is 6.92 Å². The number of carbonyl (C=O) groups is 1. The van der Waals surface area contributed by atoms with E-state index in [-0.39, 0.29) is 23.5 Å². The van der Waals surface area contributed by atoms with Gasteiger partial charge in [0.25, 0.3) is 0 Å². The van der Waals surface area contributed by atoms with Crippen LogP contribution in [0.2, 0.25) is 0 Å². The zero-order chi connectivity index (χ0) is 18.7. The van der Waals surface area contributed by atoms with Gasteiger partial charge in [-0.15, -0.1) is 0 Å². The van der Waals surface area contributed by atoms with E-state index in [1.165, 1.54) is 30.2 Å². The molecule has 0 saturated carbocycles. The second-order valence-corrected chi connectivity index (χ2v) is 7.30. The molecule has 1 unspecified atom stereocenters. The third-order valence-corrected chi connectivity index (χ3v) is 5.13. The molecular formula is C18H20FN5OS. The van der Waals surface area contributed by atoms with Crippen molar-refractivity contribution in [3.63, 3.8) is 0 Å². The number of carbonyl (C=O) groups excluding carboxylic acids is 1. The van der Waals surface area contributed by atoms with Gasteiger partial charge < -0.3 is 5.32 Å². The summed E-state index contributed by atoms with van der Waals surface area (Å²) in [6.07, 6.45) is 3.11. The molecule has 0 spiro atoms. The van der Waals surface area contributed by atoms with Crippen LogP contribution in [0.3, 0.4) is 0 Å². The number of nitrogens with one attached hydrogen (secondary N) is 1. The van der Waals surface area contributed by atoms with E-state index in [2.05, 4.69) is 34.2 Å². The molecule has 2 aromatic heterocycles. The van der Waals surface area contributed by atoms with Crippen molar-refractivity contribution in [2.75, 3.05) is 5.75 Å². The molecule has 0 bridgehead atoms.